The lowest BCUT2D eigenvalue weighted by molar-refractivity contribution is -0.248. The summed E-state index contributed by atoms with van der Waals surface area (Å²) in [6.07, 6.45) is 8.30. The van der Waals surface area contributed by atoms with Crippen molar-refractivity contribution in [3.05, 3.63) is 0 Å². The van der Waals surface area contributed by atoms with Gasteiger partial charge in [0.05, 0.1) is 37.6 Å². The van der Waals surface area contributed by atoms with E-state index in [0.29, 0.717) is 60.7 Å². The van der Waals surface area contributed by atoms with Crippen molar-refractivity contribution in [3.8, 4) is 0 Å². The van der Waals surface area contributed by atoms with Crippen molar-refractivity contribution in [2.75, 3.05) is 33.3 Å². The molecule has 8 nitrogen and oxygen atoms in total. The van der Waals surface area contributed by atoms with Crippen molar-refractivity contribution in [2.45, 2.75) is 137 Å². The average molecular weight is 643 g/mol. The maximum absolute atomic E-state index is 12.7. The summed E-state index contributed by atoms with van der Waals surface area (Å²) in [6, 6.07) is 0. The Morgan fingerprint density at radius 2 is 1.74 bits per heavy atom. The van der Waals surface area contributed by atoms with E-state index in [1.165, 1.54) is 25.7 Å². The molecule has 2 spiro atoms. The number of nitrogens with zero attached hydrogens (tertiary/aromatic N) is 2. The summed E-state index contributed by atoms with van der Waals surface area (Å²) in [6.45, 7) is 20.1. The van der Waals surface area contributed by atoms with Crippen LogP contribution in [0.1, 0.15) is 107 Å². The zero-order chi connectivity index (χ0) is 33.2. The molecule has 8 heteroatoms. The summed E-state index contributed by atoms with van der Waals surface area (Å²) in [5.41, 5.74) is 0.472. The highest BCUT2D eigenvalue weighted by molar-refractivity contribution is 5.78. The Kier molecular flexibility index (Phi) is 7.88. The van der Waals surface area contributed by atoms with Crippen LogP contribution < -0.4 is 0 Å². The summed E-state index contributed by atoms with van der Waals surface area (Å²) < 4.78 is 19.7. The lowest BCUT2D eigenvalue weighted by Crippen LogP contribution is -2.60. The number of amides is 2. The standard InChI is InChI=1S/C38H62N2O6/c1-22(2)33(43)40-16-17-44-29(20-40)46-28-12-13-37-21-38(37)15-14-35(7)30-23(3)18-25(19-39(9)24(4)41)45-31(30)32(42)36(35,8)27(38)11-10-26(37)34(28,5)6/h22-23,25-32,42H,10-21H2,1-9H3/t23-,25?,26+,27+,28?,29+,30?,31?,32+,35-,36-,37-,38+/m1/s1. The van der Waals surface area contributed by atoms with Crippen LogP contribution in [0.15, 0.2) is 0 Å². The first-order valence-electron chi connectivity index (χ1n) is 18.6. The first-order chi connectivity index (χ1) is 21.5. The third kappa shape index (κ3) is 4.37. The molecule has 5 aliphatic carbocycles. The molecule has 0 aromatic heterocycles. The predicted octanol–water partition coefficient (Wildman–Crippen LogP) is 5.50. The molecule has 5 saturated carbocycles. The second kappa shape index (κ2) is 10.9. The lowest BCUT2D eigenvalue weighted by Gasteiger charge is -2.64. The molecule has 7 rings (SSSR count). The number of ether oxygens (including phenoxy) is 3. The van der Waals surface area contributed by atoms with Crippen molar-refractivity contribution < 1.29 is 28.9 Å². The van der Waals surface area contributed by atoms with Crippen LogP contribution in [0.25, 0.3) is 0 Å². The topological polar surface area (TPSA) is 88.5 Å². The largest absolute Gasteiger partial charge is 0.390 e. The van der Waals surface area contributed by atoms with Crippen molar-refractivity contribution in [1.29, 1.82) is 0 Å². The Morgan fingerprint density at radius 3 is 2.43 bits per heavy atom. The zero-order valence-corrected chi connectivity index (χ0v) is 30.1. The highest BCUT2D eigenvalue weighted by Gasteiger charge is 2.84. The van der Waals surface area contributed by atoms with Gasteiger partial charge in [0, 0.05) is 38.4 Å². The molecule has 13 atom stereocenters. The van der Waals surface area contributed by atoms with Gasteiger partial charge in [0.25, 0.3) is 0 Å². The fourth-order valence-electron chi connectivity index (χ4n) is 13.6. The molecule has 2 heterocycles. The first-order valence-corrected chi connectivity index (χ1v) is 18.6. The van der Waals surface area contributed by atoms with Gasteiger partial charge >= 0.3 is 0 Å². The van der Waals surface area contributed by atoms with Gasteiger partial charge in [0.15, 0.2) is 6.29 Å². The number of hydrogen-bond donors (Lipinski definition) is 1. The van der Waals surface area contributed by atoms with Crippen LogP contribution in [0.5, 0.6) is 0 Å². The molecule has 46 heavy (non-hydrogen) atoms. The van der Waals surface area contributed by atoms with Crippen molar-refractivity contribution in [1.82, 2.24) is 9.80 Å². The molecule has 0 aromatic rings. The molecule has 7 aliphatic rings. The molecule has 0 radical (unpaired) electrons. The van der Waals surface area contributed by atoms with Crippen molar-refractivity contribution in [3.63, 3.8) is 0 Å². The van der Waals surface area contributed by atoms with E-state index < -0.39 is 6.10 Å². The number of aliphatic hydroxyl groups is 1. The number of aliphatic hydroxyl groups excluding tert-OH is 1. The number of carbonyl (C=O) groups excluding carboxylic acids is 2. The summed E-state index contributed by atoms with van der Waals surface area (Å²) in [5.74, 6) is 2.10. The second-order valence-corrected chi connectivity index (χ2v) is 18.4. The minimum Gasteiger partial charge on any atom is -0.390 e. The maximum atomic E-state index is 12.7. The lowest BCUT2D eigenvalue weighted by atomic mass is 9.41. The van der Waals surface area contributed by atoms with Crippen LogP contribution in [0, 0.1) is 56.7 Å². The molecule has 260 valence electrons. The van der Waals surface area contributed by atoms with E-state index in [1.807, 2.05) is 25.8 Å². The summed E-state index contributed by atoms with van der Waals surface area (Å²) >= 11 is 0. The molecule has 2 aliphatic heterocycles. The number of morpholine rings is 1. The van der Waals surface area contributed by atoms with Crippen LogP contribution >= 0.6 is 0 Å². The van der Waals surface area contributed by atoms with E-state index in [4.69, 9.17) is 14.2 Å². The minimum atomic E-state index is -0.487. The van der Waals surface area contributed by atoms with Gasteiger partial charge in [0.2, 0.25) is 11.8 Å². The Balaban J connectivity index is 1.10. The van der Waals surface area contributed by atoms with E-state index in [0.717, 1.165) is 25.7 Å². The van der Waals surface area contributed by atoms with Crippen LogP contribution in [-0.2, 0) is 23.8 Å². The molecule has 7 fully saturated rings. The fourth-order valence-corrected chi connectivity index (χ4v) is 13.6. The van der Waals surface area contributed by atoms with Gasteiger partial charge in [-0.3, -0.25) is 9.59 Å². The first kappa shape index (κ1) is 33.3. The smallest absolute Gasteiger partial charge is 0.225 e. The highest BCUT2D eigenvalue weighted by Crippen LogP contribution is 2.89. The van der Waals surface area contributed by atoms with Gasteiger partial charge in [-0.2, -0.15) is 0 Å². The predicted molar refractivity (Wildman–Crippen MR) is 175 cm³/mol. The fraction of sp³-hybridized carbons (Fsp3) is 0.947. The van der Waals surface area contributed by atoms with E-state index in [2.05, 4.69) is 34.6 Å². The van der Waals surface area contributed by atoms with E-state index in [-0.39, 0.29) is 58.6 Å². The number of hydrogen-bond acceptors (Lipinski definition) is 6. The van der Waals surface area contributed by atoms with Gasteiger partial charge in [-0.05, 0) is 96.7 Å². The normalized spacial score (nSPS) is 50.5. The monoisotopic (exact) mass is 642 g/mol. The Labute approximate surface area is 277 Å². The molecule has 0 aromatic carbocycles. The second-order valence-electron chi connectivity index (χ2n) is 18.4. The van der Waals surface area contributed by atoms with Gasteiger partial charge in [0.1, 0.15) is 0 Å². The van der Waals surface area contributed by atoms with Crippen LogP contribution in [-0.4, -0.2) is 90.7 Å². The molecule has 2 amide bonds. The Morgan fingerprint density at radius 1 is 1.04 bits per heavy atom. The third-order valence-electron chi connectivity index (χ3n) is 16.0. The minimum absolute atomic E-state index is 0.0118. The van der Waals surface area contributed by atoms with Crippen molar-refractivity contribution >= 4 is 11.8 Å². The van der Waals surface area contributed by atoms with E-state index >= 15 is 0 Å². The van der Waals surface area contributed by atoms with Crippen LogP contribution in [0.4, 0.5) is 0 Å². The van der Waals surface area contributed by atoms with Gasteiger partial charge in [-0.25, -0.2) is 0 Å². The molecular weight excluding hydrogens is 580 g/mol. The Bertz CT molecular complexity index is 1240. The summed E-state index contributed by atoms with van der Waals surface area (Å²) in [4.78, 5) is 28.5. The highest BCUT2D eigenvalue weighted by atomic mass is 16.7. The molecule has 0 bridgehead atoms. The average Bonchev–Trinajstić information content (AvgIpc) is 3.63. The summed E-state index contributed by atoms with van der Waals surface area (Å²) in [7, 11) is 1.86. The Hall–Kier alpha value is -1.22. The van der Waals surface area contributed by atoms with Crippen LogP contribution in [0.2, 0.25) is 0 Å². The number of carbonyl (C=O) groups is 2. The van der Waals surface area contributed by atoms with E-state index in [1.54, 1.807) is 11.8 Å². The number of likely N-dealkylation sites (N-methyl/N-ethyl adjacent to an activating group) is 1. The third-order valence-corrected chi connectivity index (χ3v) is 16.0. The molecule has 2 saturated heterocycles. The number of fused-ring (bicyclic) bond motifs is 4. The van der Waals surface area contributed by atoms with Crippen LogP contribution in [0.3, 0.4) is 0 Å². The quantitative estimate of drug-likeness (QED) is 0.426. The molecular formula is C38H62N2O6. The maximum Gasteiger partial charge on any atom is 0.225 e. The van der Waals surface area contributed by atoms with Crippen molar-refractivity contribution in [2.24, 2.45) is 56.7 Å². The molecule has 1 N–H and O–H groups in total. The summed E-state index contributed by atoms with van der Waals surface area (Å²) in [5, 5.41) is 12.4. The van der Waals surface area contributed by atoms with Gasteiger partial charge in [-0.1, -0.05) is 48.5 Å². The van der Waals surface area contributed by atoms with E-state index in [9.17, 15) is 14.7 Å². The zero-order valence-electron chi connectivity index (χ0n) is 30.1. The molecule has 4 unspecified atom stereocenters. The van der Waals surface area contributed by atoms with Gasteiger partial charge in [-0.15, -0.1) is 0 Å². The van der Waals surface area contributed by atoms with Gasteiger partial charge < -0.3 is 29.1 Å². The number of rotatable bonds is 5. The SMILES string of the molecule is CC(=O)N(C)CC1C[C@@H](C)C2C(O1)[C@H](O)[C@@]1(C)[C@@H]3CC[C@H]4C(C)(C)C(O[C@H]5CN(C(=O)C(C)C)CCO5)CC[C@@]45C[C@@]35CC[C@]21C.